The Balaban J connectivity index is 2.62. The minimum atomic E-state index is 0.0773. The number of aliphatic hydroxyl groups is 1. The molecule has 1 N–H and O–H groups in total. The summed E-state index contributed by atoms with van der Waals surface area (Å²) in [7, 11) is 1.24. The quantitative estimate of drug-likeness (QED) is 0.504. The number of aliphatic hydroxyl groups excluding tert-OH is 1. The third-order valence-corrected chi connectivity index (χ3v) is 3.21. The molecule has 0 atom stereocenters. The van der Waals surface area contributed by atoms with Crippen molar-refractivity contribution in [2.75, 3.05) is 6.61 Å². The minimum absolute atomic E-state index is 0.0773. The smallest absolute Gasteiger partial charge is 0.120 e. The lowest BCUT2D eigenvalue weighted by Crippen LogP contribution is -1.98. The molecule has 0 aliphatic rings. The predicted octanol–water partition coefficient (Wildman–Crippen LogP) is 1.34. The van der Waals surface area contributed by atoms with Crippen molar-refractivity contribution >= 4 is 32.8 Å². The van der Waals surface area contributed by atoms with E-state index in [1.807, 2.05) is 18.2 Å². The fraction of sp³-hybridized carbons (Fsp3) is 0.400. The van der Waals surface area contributed by atoms with Crippen LogP contribution in [0.2, 0.25) is 6.04 Å². The Morgan fingerprint density at radius 1 is 1.36 bits per heavy atom. The minimum Gasteiger partial charge on any atom is -0.494 e. The van der Waals surface area contributed by atoms with Gasteiger partial charge in [0.15, 0.2) is 0 Å². The lowest BCUT2D eigenvalue weighted by Gasteiger charge is -2.07. The molecule has 1 aromatic carbocycles. The van der Waals surface area contributed by atoms with E-state index >= 15 is 0 Å². The van der Waals surface area contributed by atoms with Crippen LogP contribution in [0.25, 0.3) is 0 Å². The van der Waals surface area contributed by atoms with Gasteiger partial charge in [0.05, 0.1) is 13.2 Å². The highest BCUT2D eigenvalue weighted by Crippen LogP contribution is 2.19. The number of hydrogen-bond donors (Lipinski definition) is 1. The maximum Gasteiger partial charge on any atom is 0.120 e. The number of ether oxygens (including phenoxy) is 1. The number of rotatable bonds is 5. The second-order valence-corrected chi connectivity index (χ2v) is 5.40. The van der Waals surface area contributed by atoms with Crippen molar-refractivity contribution in [3.8, 4) is 5.75 Å². The molecule has 1 rings (SSSR count). The Morgan fingerprint density at radius 2 is 2.14 bits per heavy atom. The summed E-state index contributed by atoms with van der Waals surface area (Å²) in [6.07, 6.45) is 1.13. The van der Waals surface area contributed by atoms with Crippen LogP contribution < -0.4 is 4.74 Å². The fourth-order valence-electron chi connectivity index (χ4n) is 1.13. The zero-order valence-electron chi connectivity index (χ0n) is 8.29. The lowest BCUT2D eigenvalue weighted by atomic mass is 10.2. The van der Waals surface area contributed by atoms with Crippen molar-refractivity contribution < 1.29 is 9.84 Å². The van der Waals surface area contributed by atoms with E-state index in [2.05, 4.69) is 22.6 Å². The van der Waals surface area contributed by atoms with Gasteiger partial charge in [-0.3, -0.25) is 0 Å². The average molecular weight is 322 g/mol. The Kier molecular flexibility index (Phi) is 5.50. The second kappa shape index (κ2) is 6.42. The van der Waals surface area contributed by atoms with E-state index < -0.39 is 0 Å². The monoisotopic (exact) mass is 322 g/mol. The molecule has 1 aromatic rings. The van der Waals surface area contributed by atoms with Crippen molar-refractivity contribution in [1.82, 2.24) is 0 Å². The van der Waals surface area contributed by atoms with Crippen LogP contribution in [0.5, 0.6) is 5.75 Å². The van der Waals surface area contributed by atoms with Crippen LogP contribution >= 0.6 is 22.6 Å². The van der Waals surface area contributed by atoms with E-state index in [4.69, 9.17) is 9.84 Å². The first-order chi connectivity index (χ1) is 6.76. The molecule has 2 nitrogen and oxygen atoms in total. The van der Waals surface area contributed by atoms with E-state index in [0.717, 1.165) is 27.9 Å². The summed E-state index contributed by atoms with van der Waals surface area (Å²) in [6, 6.07) is 7.12. The second-order valence-electron chi connectivity index (χ2n) is 3.16. The molecule has 0 spiro atoms. The molecule has 14 heavy (non-hydrogen) atoms. The highest BCUT2D eigenvalue weighted by atomic mass is 127. The summed E-state index contributed by atoms with van der Waals surface area (Å²) in [4.78, 5) is 0. The van der Waals surface area contributed by atoms with Gasteiger partial charge in [-0.2, -0.15) is 0 Å². The standard InChI is InChI=1S/C10H15IO2Si/c11-9-4-8(7-12)5-10(6-9)13-2-1-3-14/h4-6,12H,1-3,7H2,14H3. The van der Waals surface area contributed by atoms with Gasteiger partial charge in [0.25, 0.3) is 0 Å². The molecule has 0 saturated heterocycles. The summed E-state index contributed by atoms with van der Waals surface area (Å²) >= 11 is 2.23. The molecule has 0 radical (unpaired) electrons. The maximum absolute atomic E-state index is 9.00. The number of benzene rings is 1. The summed E-state index contributed by atoms with van der Waals surface area (Å²) in [5.74, 6) is 0.871. The van der Waals surface area contributed by atoms with Gasteiger partial charge in [-0.05, 0) is 52.8 Å². The van der Waals surface area contributed by atoms with Gasteiger partial charge in [-0.25, -0.2) is 0 Å². The first kappa shape index (κ1) is 12.0. The van der Waals surface area contributed by atoms with Gasteiger partial charge in [0.2, 0.25) is 0 Å². The zero-order chi connectivity index (χ0) is 10.4. The SMILES string of the molecule is OCc1cc(I)cc(OCCC[SiH3])c1. The topological polar surface area (TPSA) is 29.5 Å². The third-order valence-electron chi connectivity index (χ3n) is 1.88. The van der Waals surface area contributed by atoms with Crippen molar-refractivity contribution in [2.24, 2.45) is 0 Å². The molecular formula is C10H15IO2Si. The summed E-state index contributed by atoms with van der Waals surface area (Å²) in [5.41, 5.74) is 0.915. The number of hydrogen-bond acceptors (Lipinski definition) is 2. The Bertz CT molecular complexity index is 291. The molecule has 0 fully saturated rings. The first-order valence-electron chi connectivity index (χ1n) is 4.79. The van der Waals surface area contributed by atoms with Gasteiger partial charge in [0, 0.05) is 13.8 Å². The van der Waals surface area contributed by atoms with Crippen molar-refractivity contribution in [3.63, 3.8) is 0 Å². The highest BCUT2D eigenvalue weighted by Gasteiger charge is 1.99. The van der Waals surface area contributed by atoms with Crippen molar-refractivity contribution in [1.29, 1.82) is 0 Å². The summed E-state index contributed by atoms with van der Waals surface area (Å²) in [5, 5.41) is 9.00. The van der Waals surface area contributed by atoms with Crippen LogP contribution in [0.15, 0.2) is 18.2 Å². The molecule has 0 heterocycles. The normalized spacial score (nSPS) is 10.4. The Morgan fingerprint density at radius 3 is 2.79 bits per heavy atom. The highest BCUT2D eigenvalue weighted by molar-refractivity contribution is 14.1. The van der Waals surface area contributed by atoms with Crippen LogP contribution in [-0.4, -0.2) is 22.0 Å². The molecule has 0 aliphatic heterocycles. The van der Waals surface area contributed by atoms with Gasteiger partial charge >= 0.3 is 0 Å². The van der Waals surface area contributed by atoms with Gasteiger partial charge in [0.1, 0.15) is 5.75 Å². The molecule has 0 amide bonds. The summed E-state index contributed by atoms with van der Waals surface area (Å²) in [6.45, 7) is 0.863. The summed E-state index contributed by atoms with van der Waals surface area (Å²) < 4.78 is 6.68. The lowest BCUT2D eigenvalue weighted by molar-refractivity contribution is 0.279. The van der Waals surface area contributed by atoms with Crippen LogP contribution in [0.4, 0.5) is 0 Å². The average Bonchev–Trinajstić information content (AvgIpc) is 2.17. The third kappa shape index (κ3) is 3.98. The zero-order valence-corrected chi connectivity index (χ0v) is 12.5. The molecule has 4 heteroatoms. The molecule has 0 saturated carbocycles. The van der Waals surface area contributed by atoms with E-state index in [-0.39, 0.29) is 6.61 Å². The molecule has 0 bridgehead atoms. The molecule has 0 aliphatic carbocycles. The van der Waals surface area contributed by atoms with Crippen molar-refractivity contribution in [3.05, 3.63) is 27.3 Å². The fourth-order valence-corrected chi connectivity index (χ4v) is 2.13. The Hall–Kier alpha value is -0.0731. The maximum atomic E-state index is 9.00. The van der Waals surface area contributed by atoms with Crippen molar-refractivity contribution in [2.45, 2.75) is 19.1 Å². The van der Waals surface area contributed by atoms with E-state index in [9.17, 15) is 0 Å². The Labute approximate surface area is 101 Å². The van der Waals surface area contributed by atoms with E-state index in [0.29, 0.717) is 0 Å². The first-order valence-corrected chi connectivity index (χ1v) is 7.28. The molecule has 0 unspecified atom stereocenters. The van der Waals surface area contributed by atoms with Crippen LogP contribution in [0.1, 0.15) is 12.0 Å². The van der Waals surface area contributed by atoms with Gasteiger partial charge in [-0.15, -0.1) is 0 Å². The van der Waals surface area contributed by atoms with Crippen LogP contribution in [0, 0.1) is 3.57 Å². The molecular weight excluding hydrogens is 307 g/mol. The van der Waals surface area contributed by atoms with Crippen LogP contribution in [0.3, 0.4) is 0 Å². The molecule has 0 aromatic heterocycles. The number of halogens is 1. The largest absolute Gasteiger partial charge is 0.494 e. The van der Waals surface area contributed by atoms with E-state index in [1.165, 1.54) is 16.3 Å². The van der Waals surface area contributed by atoms with Gasteiger partial charge in [-0.1, -0.05) is 6.04 Å². The molecule has 78 valence electrons. The van der Waals surface area contributed by atoms with Crippen LogP contribution in [-0.2, 0) is 6.61 Å². The predicted molar refractivity (Wildman–Crippen MR) is 69.9 cm³/mol. The van der Waals surface area contributed by atoms with E-state index in [1.54, 1.807) is 0 Å². The van der Waals surface area contributed by atoms with Gasteiger partial charge < -0.3 is 9.84 Å².